The summed E-state index contributed by atoms with van der Waals surface area (Å²) in [6.07, 6.45) is 0. The van der Waals surface area contributed by atoms with Gasteiger partial charge in [-0.3, -0.25) is 0 Å². The van der Waals surface area contributed by atoms with E-state index in [-0.39, 0.29) is 5.75 Å². The van der Waals surface area contributed by atoms with Gasteiger partial charge in [0.2, 0.25) is 0 Å². The maximum Gasteiger partial charge on any atom is 0.494 e. The van der Waals surface area contributed by atoms with Crippen LogP contribution in [0.1, 0.15) is 27.7 Å². The van der Waals surface area contributed by atoms with E-state index in [1.54, 1.807) is 6.07 Å². The van der Waals surface area contributed by atoms with Crippen LogP contribution in [-0.4, -0.2) is 63.1 Å². The topological polar surface area (TPSA) is 34.2 Å². The maximum atomic E-state index is 13.0. The Kier molecular flexibility index (Phi) is 5.20. The second-order valence-corrected chi connectivity index (χ2v) is 7.98. The SMILES string of the molecule is CN1CCN(c2ccc(B3OC(C)(C)C(C)(C)O3)cc2OC(F)F)CC1. The molecule has 0 aromatic heterocycles. The summed E-state index contributed by atoms with van der Waals surface area (Å²) in [5, 5.41) is 0. The van der Waals surface area contributed by atoms with Crippen LogP contribution < -0.4 is 15.1 Å². The van der Waals surface area contributed by atoms with Crippen molar-refractivity contribution < 1.29 is 22.8 Å². The van der Waals surface area contributed by atoms with Crippen molar-refractivity contribution in [1.82, 2.24) is 4.90 Å². The van der Waals surface area contributed by atoms with E-state index in [0.29, 0.717) is 11.2 Å². The van der Waals surface area contributed by atoms with Gasteiger partial charge in [-0.2, -0.15) is 8.78 Å². The summed E-state index contributed by atoms with van der Waals surface area (Å²) < 4.78 is 42.8. The maximum absolute atomic E-state index is 13.0. The molecule has 2 aliphatic heterocycles. The highest BCUT2D eigenvalue weighted by Gasteiger charge is 2.51. The van der Waals surface area contributed by atoms with Gasteiger partial charge in [-0.25, -0.2) is 0 Å². The molecule has 0 amide bonds. The molecule has 2 aliphatic rings. The molecule has 0 radical (unpaired) electrons. The van der Waals surface area contributed by atoms with Gasteiger partial charge in [0.25, 0.3) is 0 Å². The van der Waals surface area contributed by atoms with Crippen molar-refractivity contribution in [2.45, 2.75) is 45.5 Å². The molecule has 26 heavy (non-hydrogen) atoms. The molecule has 1 aromatic rings. The lowest BCUT2D eigenvalue weighted by molar-refractivity contribution is -0.0495. The lowest BCUT2D eigenvalue weighted by atomic mass is 9.79. The minimum Gasteiger partial charge on any atom is -0.433 e. The average Bonchev–Trinajstić information content (AvgIpc) is 2.76. The number of piperazine rings is 1. The minimum atomic E-state index is -2.88. The van der Waals surface area contributed by atoms with Crippen LogP contribution in [0.25, 0.3) is 0 Å². The normalized spacial score (nSPS) is 22.9. The van der Waals surface area contributed by atoms with Gasteiger partial charge >= 0.3 is 13.7 Å². The van der Waals surface area contributed by atoms with Crippen molar-refractivity contribution in [2.75, 3.05) is 38.1 Å². The van der Waals surface area contributed by atoms with Gasteiger partial charge in [0.1, 0.15) is 5.75 Å². The number of alkyl halides is 2. The van der Waals surface area contributed by atoms with Crippen molar-refractivity contribution in [3.8, 4) is 5.75 Å². The molecule has 0 bridgehead atoms. The van der Waals surface area contributed by atoms with Crippen LogP contribution in [0.5, 0.6) is 5.75 Å². The minimum absolute atomic E-state index is 0.164. The van der Waals surface area contributed by atoms with Crippen molar-refractivity contribution in [2.24, 2.45) is 0 Å². The second-order valence-electron chi connectivity index (χ2n) is 7.98. The predicted molar refractivity (Wildman–Crippen MR) is 98.5 cm³/mol. The Hall–Kier alpha value is -1.38. The Morgan fingerprint density at radius 2 is 1.62 bits per heavy atom. The second kappa shape index (κ2) is 6.98. The first-order valence-electron chi connectivity index (χ1n) is 8.97. The molecule has 2 fully saturated rings. The highest BCUT2D eigenvalue weighted by Crippen LogP contribution is 2.37. The fourth-order valence-electron chi connectivity index (χ4n) is 3.16. The van der Waals surface area contributed by atoms with E-state index in [1.165, 1.54) is 0 Å². The highest BCUT2D eigenvalue weighted by molar-refractivity contribution is 6.62. The van der Waals surface area contributed by atoms with E-state index in [4.69, 9.17) is 14.0 Å². The van der Waals surface area contributed by atoms with E-state index in [2.05, 4.69) is 16.8 Å². The zero-order valence-corrected chi connectivity index (χ0v) is 16.1. The fraction of sp³-hybridized carbons (Fsp3) is 0.667. The van der Waals surface area contributed by atoms with Gasteiger partial charge in [0.05, 0.1) is 16.9 Å². The van der Waals surface area contributed by atoms with Gasteiger partial charge < -0.3 is 23.8 Å². The summed E-state index contributed by atoms with van der Waals surface area (Å²) in [5.74, 6) is 0.164. The molecule has 144 valence electrons. The van der Waals surface area contributed by atoms with Crippen molar-refractivity contribution in [3.63, 3.8) is 0 Å². The van der Waals surface area contributed by atoms with E-state index in [0.717, 1.165) is 26.2 Å². The summed E-state index contributed by atoms with van der Waals surface area (Å²) in [6, 6.07) is 5.31. The van der Waals surface area contributed by atoms with Gasteiger partial charge in [0, 0.05) is 26.2 Å². The van der Waals surface area contributed by atoms with E-state index in [1.807, 2.05) is 39.8 Å². The number of benzene rings is 1. The first-order valence-corrected chi connectivity index (χ1v) is 8.97. The average molecular weight is 368 g/mol. The number of anilines is 1. The number of hydrogen-bond donors (Lipinski definition) is 0. The Morgan fingerprint density at radius 3 is 2.15 bits per heavy atom. The molecule has 0 N–H and O–H groups in total. The van der Waals surface area contributed by atoms with E-state index >= 15 is 0 Å². The van der Waals surface area contributed by atoms with Crippen LogP contribution in [0.15, 0.2) is 18.2 Å². The predicted octanol–water partition coefficient (Wildman–Crippen LogP) is 2.34. The lowest BCUT2D eigenvalue weighted by Crippen LogP contribution is -2.45. The number of nitrogens with zero attached hydrogens (tertiary/aromatic N) is 2. The quantitative estimate of drug-likeness (QED) is 0.763. The van der Waals surface area contributed by atoms with Gasteiger partial charge in [-0.15, -0.1) is 0 Å². The number of ether oxygens (including phenoxy) is 1. The molecule has 0 saturated carbocycles. The fourth-order valence-corrected chi connectivity index (χ4v) is 3.16. The third-order valence-electron chi connectivity index (χ3n) is 5.57. The number of rotatable bonds is 4. The molecular formula is C18H27BF2N2O3. The summed E-state index contributed by atoms with van der Waals surface area (Å²) in [5.41, 5.74) is 0.380. The molecule has 8 heteroatoms. The first-order chi connectivity index (χ1) is 12.1. The van der Waals surface area contributed by atoms with E-state index in [9.17, 15) is 8.78 Å². The van der Waals surface area contributed by atoms with Gasteiger partial charge in [-0.1, -0.05) is 6.07 Å². The summed E-state index contributed by atoms with van der Waals surface area (Å²) in [7, 11) is 1.44. The van der Waals surface area contributed by atoms with Crippen molar-refractivity contribution in [3.05, 3.63) is 18.2 Å². The first kappa shape index (κ1) is 19.4. The highest BCUT2D eigenvalue weighted by atomic mass is 19.3. The molecule has 0 spiro atoms. The van der Waals surface area contributed by atoms with Crippen molar-refractivity contribution >= 4 is 18.3 Å². The molecule has 2 saturated heterocycles. The third-order valence-corrected chi connectivity index (χ3v) is 5.57. The van der Waals surface area contributed by atoms with Crippen LogP contribution in [-0.2, 0) is 9.31 Å². The Bertz CT molecular complexity index is 633. The molecule has 2 heterocycles. The molecule has 0 atom stereocenters. The Labute approximate surface area is 154 Å². The van der Waals surface area contributed by atoms with Crippen LogP contribution in [0.4, 0.5) is 14.5 Å². The number of likely N-dealkylation sites (N-methyl/N-ethyl adjacent to an activating group) is 1. The molecule has 1 aromatic carbocycles. The van der Waals surface area contributed by atoms with Gasteiger partial charge in [-0.05, 0) is 52.3 Å². The summed E-state index contributed by atoms with van der Waals surface area (Å²) in [6.45, 7) is 8.27. The largest absolute Gasteiger partial charge is 0.494 e. The summed E-state index contributed by atoms with van der Waals surface area (Å²) >= 11 is 0. The molecule has 3 rings (SSSR count). The van der Waals surface area contributed by atoms with Crippen LogP contribution >= 0.6 is 0 Å². The molecule has 0 unspecified atom stereocenters. The molecule has 0 aliphatic carbocycles. The zero-order valence-electron chi connectivity index (χ0n) is 16.1. The smallest absolute Gasteiger partial charge is 0.433 e. The Balaban J connectivity index is 1.87. The van der Waals surface area contributed by atoms with E-state index < -0.39 is 24.9 Å². The van der Waals surface area contributed by atoms with Crippen LogP contribution in [0.2, 0.25) is 0 Å². The molecular weight excluding hydrogens is 341 g/mol. The summed E-state index contributed by atoms with van der Waals surface area (Å²) in [4.78, 5) is 4.29. The zero-order chi connectivity index (χ0) is 19.1. The third kappa shape index (κ3) is 3.82. The standard InChI is InChI=1S/C18H27BF2N2O3/c1-17(2)18(3,4)26-19(25-17)13-6-7-14(15(12-13)24-16(20)21)23-10-8-22(5)9-11-23/h6-7,12,16H,8-11H2,1-5H3. The number of halogens is 2. The number of hydrogen-bond acceptors (Lipinski definition) is 5. The Morgan fingerprint density at radius 1 is 1.04 bits per heavy atom. The lowest BCUT2D eigenvalue weighted by Gasteiger charge is -2.35. The molecule has 5 nitrogen and oxygen atoms in total. The van der Waals surface area contributed by atoms with Crippen LogP contribution in [0, 0.1) is 0 Å². The van der Waals surface area contributed by atoms with Crippen LogP contribution in [0.3, 0.4) is 0 Å². The van der Waals surface area contributed by atoms with Crippen molar-refractivity contribution in [1.29, 1.82) is 0 Å². The monoisotopic (exact) mass is 368 g/mol. The van der Waals surface area contributed by atoms with Gasteiger partial charge in [0.15, 0.2) is 0 Å².